The normalized spacial score (nSPS) is 10.7. The summed E-state index contributed by atoms with van der Waals surface area (Å²) < 4.78 is 11.0. The molecular formula is C14H14BrN3O4S. The molecule has 0 atom stereocenters. The van der Waals surface area contributed by atoms with Crippen molar-refractivity contribution in [2.24, 2.45) is 5.10 Å². The second-order valence-electron chi connectivity index (χ2n) is 4.38. The van der Waals surface area contributed by atoms with Gasteiger partial charge in [-0.15, -0.1) is 11.3 Å². The van der Waals surface area contributed by atoms with Gasteiger partial charge in [0.1, 0.15) is 0 Å². The van der Waals surface area contributed by atoms with Crippen LogP contribution in [0.25, 0.3) is 0 Å². The summed E-state index contributed by atoms with van der Waals surface area (Å²) in [5.41, 5.74) is 4.51. The molecule has 0 aliphatic rings. The van der Waals surface area contributed by atoms with Crippen molar-refractivity contribution in [1.29, 1.82) is 0 Å². The zero-order valence-electron chi connectivity index (χ0n) is 12.4. The Morgan fingerprint density at radius 3 is 2.96 bits per heavy atom. The summed E-state index contributed by atoms with van der Waals surface area (Å²) in [4.78, 5) is 14.8. The minimum Gasteiger partial charge on any atom is -0.493 e. The molecule has 0 amide bonds. The Labute approximate surface area is 145 Å². The molecule has 0 bridgehead atoms. The van der Waals surface area contributed by atoms with E-state index in [1.165, 1.54) is 18.4 Å². The molecule has 0 saturated carbocycles. The molecule has 7 nitrogen and oxygen atoms in total. The molecule has 1 aromatic carbocycles. The number of methoxy groups -OCH3 is 1. The fourth-order valence-corrected chi connectivity index (χ4v) is 2.87. The van der Waals surface area contributed by atoms with Crippen LogP contribution < -0.4 is 14.9 Å². The monoisotopic (exact) mass is 399 g/mol. The zero-order chi connectivity index (χ0) is 16.8. The topological polar surface area (TPSA) is 93.0 Å². The molecule has 0 spiro atoms. The van der Waals surface area contributed by atoms with Crippen LogP contribution >= 0.6 is 27.3 Å². The van der Waals surface area contributed by atoms with Crippen LogP contribution in [-0.4, -0.2) is 36.0 Å². The molecule has 2 rings (SSSR count). The summed E-state index contributed by atoms with van der Waals surface area (Å²) in [6.45, 7) is 1.45. The number of anilines is 1. The van der Waals surface area contributed by atoms with Gasteiger partial charge in [-0.25, -0.2) is 9.78 Å². The number of thiazole rings is 1. The highest BCUT2D eigenvalue weighted by atomic mass is 79.9. The van der Waals surface area contributed by atoms with Crippen molar-refractivity contribution < 1.29 is 19.4 Å². The number of nitrogens with one attached hydrogen (secondary N) is 1. The summed E-state index contributed by atoms with van der Waals surface area (Å²) in [5.74, 6) is -0.324. The lowest BCUT2D eigenvalue weighted by Gasteiger charge is -2.12. The number of halogens is 1. The number of benzene rings is 1. The van der Waals surface area contributed by atoms with Crippen LogP contribution in [0.4, 0.5) is 5.13 Å². The van der Waals surface area contributed by atoms with Crippen molar-refractivity contribution in [3.05, 3.63) is 33.2 Å². The molecule has 0 saturated heterocycles. The molecule has 0 aliphatic heterocycles. The molecule has 9 heteroatoms. The van der Waals surface area contributed by atoms with E-state index in [-0.39, 0.29) is 0 Å². The predicted octanol–water partition coefficient (Wildman–Crippen LogP) is 3.13. The number of hydrogen-bond acceptors (Lipinski definition) is 7. The van der Waals surface area contributed by atoms with Crippen LogP contribution in [-0.2, 0) is 4.79 Å². The molecule has 122 valence electrons. The van der Waals surface area contributed by atoms with Gasteiger partial charge in [-0.2, -0.15) is 5.10 Å². The first-order chi connectivity index (χ1) is 11.0. The third kappa shape index (κ3) is 4.93. The quantitative estimate of drug-likeness (QED) is 0.548. The maximum absolute atomic E-state index is 10.6. The van der Waals surface area contributed by atoms with Gasteiger partial charge in [-0.05, 0) is 40.5 Å². The van der Waals surface area contributed by atoms with Gasteiger partial charge < -0.3 is 14.6 Å². The van der Waals surface area contributed by atoms with E-state index in [0.717, 1.165) is 11.3 Å². The van der Waals surface area contributed by atoms with Gasteiger partial charge in [-0.1, -0.05) is 0 Å². The number of carboxylic acid groups (broad SMARTS) is 1. The standard InChI is InChI=1S/C14H14BrN3O4S/c1-8-7-23-14(17-8)18-16-5-9-3-10(15)13(11(4-9)21-2)22-6-12(19)20/h3-5,7H,6H2,1-2H3,(H,17,18)(H,19,20). The predicted molar refractivity (Wildman–Crippen MR) is 91.9 cm³/mol. The molecule has 0 aliphatic carbocycles. The molecule has 1 heterocycles. The van der Waals surface area contributed by atoms with E-state index in [2.05, 4.69) is 31.4 Å². The van der Waals surface area contributed by atoms with E-state index < -0.39 is 12.6 Å². The Morgan fingerprint density at radius 1 is 1.57 bits per heavy atom. The van der Waals surface area contributed by atoms with Crippen molar-refractivity contribution in [2.75, 3.05) is 19.1 Å². The smallest absolute Gasteiger partial charge is 0.341 e. The van der Waals surface area contributed by atoms with Crippen LogP contribution in [0.15, 0.2) is 27.1 Å². The van der Waals surface area contributed by atoms with Crippen LogP contribution in [0.1, 0.15) is 11.3 Å². The molecule has 2 aromatic rings. The lowest BCUT2D eigenvalue weighted by atomic mass is 10.2. The number of nitrogens with zero attached hydrogens (tertiary/aromatic N) is 2. The molecule has 1 aromatic heterocycles. The minimum absolute atomic E-state index is 0.329. The number of aliphatic carboxylic acids is 1. The lowest BCUT2D eigenvalue weighted by Crippen LogP contribution is -2.10. The summed E-state index contributed by atoms with van der Waals surface area (Å²) in [7, 11) is 1.48. The molecule has 0 fully saturated rings. The van der Waals surface area contributed by atoms with Crippen LogP contribution in [0.2, 0.25) is 0 Å². The first-order valence-electron chi connectivity index (χ1n) is 6.43. The van der Waals surface area contributed by atoms with Gasteiger partial charge >= 0.3 is 5.97 Å². The number of carboxylic acids is 1. The Hall–Kier alpha value is -2.13. The van der Waals surface area contributed by atoms with Crippen molar-refractivity contribution in [2.45, 2.75) is 6.92 Å². The lowest BCUT2D eigenvalue weighted by molar-refractivity contribution is -0.139. The van der Waals surface area contributed by atoms with Crippen LogP contribution in [0.5, 0.6) is 11.5 Å². The number of aromatic nitrogens is 1. The van der Waals surface area contributed by atoms with Gasteiger partial charge in [0.05, 0.1) is 23.5 Å². The van der Waals surface area contributed by atoms with Gasteiger partial charge in [0.15, 0.2) is 18.1 Å². The fourth-order valence-electron chi connectivity index (χ4n) is 1.66. The van der Waals surface area contributed by atoms with E-state index >= 15 is 0 Å². The Kier molecular flexibility index (Phi) is 5.94. The Bertz CT molecular complexity index is 733. The highest BCUT2D eigenvalue weighted by Gasteiger charge is 2.12. The first-order valence-corrected chi connectivity index (χ1v) is 8.10. The summed E-state index contributed by atoms with van der Waals surface area (Å²) in [5, 5.41) is 15.4. The Morgan fingerprint density at radius 2 is 2.35 bits per heavy atom. The van der Waals surface area contributed by atoms with E-state index in [1.54, 1.807) is 18.3 Å². The fraction of sp³-hybridized carbons (Fsp3) is 0.214. The first kappa shape index (κ1) is 17.2. The van der Waals surface area contributed by atoms with Gasteiger partial charge in [0, 0.05) is 5.38 Å². The number of hydrogen-bond donors (Lipinski definition) is 2. The van der Waals surface area contributed by atoms with Crippen molar-refractivity contribution in [3.8, 4) is 11.5 Å². The number of aryl methyl sites for hydroxylation is 1. The third-order valence-corrected chi connectivity index (χ3v) is 4.04. The van der Waals surface area contributed by atoms with Gasteiger partial charge in [-0.3, -0.25) is 5.43 Å². The highest BCUT2D eigenvalue weighted by Crippen LogP contribution is 2.36. The van der Waals surface area contributed by atoms with Crippen molar-refractivity contribution in [3.63, 3.8) is 0 Å². The summed E-state index contributed by atoms with van der Waals surface area (Å²) in [6, 6.07) is 3.44. The van der Waals surface area contributed by atoms with E-state index in [9.17, 15) is 4.79 Å². The Balaban J connectivity index is 2.13. The number of rotatable bonds is 7. The van der Waals surface area contributed by atoms with E-state index in [4.69, 9.17) is 14.6 Å². The van der Waals surface area contributed by atoms with Crippen LogP contribution in [0.3, 0.4) is 0 Å². The zero-order valence-corrected chi connectivity index (χ0v) is 14.8. The maximum atomic E-state index is 10.6. The van der Waals surface area contributed by atoms with Gasteiger partial charge in [0.2, 0.25) is 5.13 Å². The molecule has 23 heavy (non-hydrogen) atoms. The van der Waals surface area contributed by atoms with E-state index in [1.807, 2.05) is 12.3 Å². The summed E-state index contributed by atoms with van der Waals surface area (Å²) in [6.07, 6.45) is 1.60. The van der Waals surface area contributed by atoms with Crippen LogP contribution in [0, 0.1) is 6.92 Å². The minimum atomic E-state index is -1.06. The number of hydrazone groups is 1. The average Bonchev–Trinajstić information content (AvgIpc) is 2.91. The third-order valence-electron chi connectivity index (χ3n) is 2.58. The maximum Gasteiger partial charge on any atom is 0.341 e. The summed E-state index contributed by atoms with van der Waals surface area (Å²) >= 11 is 4.80. The highest BCUT2D eigenvalue weighted by molar-refractivity contribution is 9.10. The van der Waals surface area contributed by atoms with Gasteiger partial charge in [0.25, 0.3) is 0 Å². The van der Waals surface area contributed by atoms with Crippen molar-refractivity contribution >= 4 is 44.6 Å². The molecule has 0 radical (unpaired) electrons. The largest absolute Gasteiger partial charge is 0.493 e. The molecule has 2 N–H and O–H groups in total. The molecule has 0 unspecified atom stereocenters. The second kappa shape index (κ2) is 7.93. The number of carbonyl (C=O) groups is 1. The number of ether oxygens (including phenoxy) is 2. The SMILES string of the molecule is COc1cc(C=NNc2nc(C)cs2)cc(Br)c1OCC(=O)O. The van der Waals surface area contributed by atoms with E-state index in [0.29, 0.717) is 21.1 Å². The van der Waals surface area contributed by atoms with Crippen molar-refractivity contribution in [1.82, 2.24) is 4.98 Å². The average molecular weight is 400 g/mol. The molecular weight excluding hydrogens is 386 g/mol. The second-order valence-corrected chi connectivity index (χ2v) is 6.09.